The summed E-state index contributed by atoms with van der Waals surface area (Å²) in [6, 6.07) is -0.931. The van der Waals surface area contributed by atoms with Crippen LogP contribution in [-0.2, 0) is 14.8 Å². The molecule has 17 heavy (non-hydrogen) atoms. The summed E-state index contributed by atoms with van der Waals surface area (Å²) in [5.74, 6) is -0.646. The van der Waals surface area contributed by atoms with Crippen LogP contribution in [0.5, 0.6) is 0 Å². The van der Waals surface area contributed by atoms with Crippen LogP contribution in [0.15, 0.2) is 0 Å². The highest BCUT2D eigenvalue weighted by Gasteiger charge is 2.47. The average molecular weight is 281 g/mol. The third-order valence-corrected chi connectivity index (χ3v) is 6.74. The molecule has 2 atom stereocenters. The Hall–Kier alpha value is -0.270. The van der Waals surface area contributed by atoms with Crippen molar-refractivity contribution < 1.29 is 18.3 Å². The van der Waals surface area contributed by atoms with Crippen molar-refractivity contribution in [3.05, 3.63) is 0 Å². The van der Waals surface area contributed by atoms with Crippen molar-refractivity contribution in [1.82, 2.24) is 4.31 Å². The zero-order valence-corrected chi connectivity index (χ0v) is 12.1. The quantitative estimate of drug-likeness (QED) is 0.838. The molecule has 0 aromatic rings. The lowest BCUT2D eigenvalue weighted by Crippen LogP contribution is -2.49. The maximum absolute atomic E-state index is 12.2. The molecular formula is C10H19NO4S2. The van der Waals surface area contributed by atoms with E-state index in [9.17, 15) is 13.2 Å². The minimum absolute atomic E-state index is 0.0953. The van der Waals surface area contributed by atoms with Gasteiger partial charge in [-0.3, -0.25) is 4.79 Å². The highest BCUT2D eigenvalue weighted by atomic mass is 32.2. The first kappa shape index (κ1) is 14.8. The molecule has 0 aromatic carbocycles. The van der Waals surface area contributed by atoms with Gasteiger partial charge in [-0.1, -0.05) is 13.8 Å². The molecule has 0 spiro atoms. The number of hydrogen-bond donors (Lipinski definition) is 1. The Kier molecular flexibility index (Phi) is 4.49. The summed E-state index contributed by atoms with van der Waals surface area (Å²) in [5.41, 5.74) is 0. The Bertz CT molecular complexity index is 391. The second kappa shape index (κ2) is 5.16. The number of sulfonamides is 1. The third kappa shape index (κ3) is 2.77. The maximum atomic E-state index is 12.2. The molecular weight excluding hydrogens is 262 g/mol. The predicted octanol–water partition coefficient (Wildman–Crippen LogP) is 1.21. The Balaban J connectivity index is 3.15. The molecule has 0 aliphatic carbocycles. The fourth-order valence-electron chi connectivity index (χ4n) is 1.75. The van der Waals surface area contributed by atoms with Gasteiger partial charge in [-0.15, -0.1) is 11.8 Å². The van der Waals surface area contributed by atoms with Crippen LogP contribution in [0.4, 0.5) is 0 Å². The Morgan fingerprint density at radius 3 is 2.24 bits per heavy atom. The normalized spacial score (nSPS) is 26.9. The van der Waals surface area contributed by atoms with Gasteiger partial charge in [-0.05, 0) is 19.8 Å². The van der Waals surface area contributed by atoms with Crippen molar-refractivity contribution in [2.24, 2.45) is 5.92 Å². The molecule has 0 saturated carbocycles. The summed E-state index contributed by atoms with van der Waals surface area (Å²) in [7, 11) is -3.53. The Morgan fingerprint density at radius 2 is 1.88 bits per heavy atom. The van der Waals surface area contributed by atoms with Crippen molar-refractivity contribution in [1.29, 1.82) is 0 Å². The predicted molar refractivity (Wildman–Crippen MR) is 68.4 cm³/mol. The minimum atomic E-state index is -3.53. The minimum Gasteiger partial charge on any atom is -0.480 e. The summed E-state index contributed by atoms with van der Waals surface area (Å²) < 4.78 is 25.6. The Labute approximate surface area is 107 Å². The van der Waals surface area contributed by atoms with E-state index in [0.717, 1.165) is 0 Å². The van der Waals surface area contributed by atoms with Crippen LogP contribution >= 0.6 is 11.8 Å². The van der Waals surface area contributed by atoms with Crippen LogP contribution in [0.25, 0.3) is 0 Å². The fraction of sp³-hybridized carbons (Fsp3) is 0.900. The summed E-state index contributed by atoms with van der Waals surface area (Å²) in [5, 5.41) is 8.24. The summed E-state index contributed by atoms with van der Waals surface area (Å²) >= 11 is 1.41. The lowest BCUT2D eigenvalue weighted by Gasteiger charge is -2.30. The number of hydrogen-bond acceptors (Lipinski definition) is 4. The zero-order chi connectivity index (χ0) is 13.4. The van der Waals surface area contributed by atoms with Gasteiger partial charge < -0.3 is 5.11 Å². The average Bonchev–Trinajstić information content (AvgIpc) is 2.61. The van der Waals surface area contributed by atoms with E-state index in [0.29, 0.717) is 5.75 Å². The molecule has 1 rings (SSSR count). The SMILES string of the molecule is CC(C)C1SCC(C(=O)O)N1S(=O)(=O)C(C)C. The molecule has 1 heterocycles. The maximum Gasteiger partial charge on any atom is 0.322 e. The van der Waals surface area contributed by atoms with Crippen LogP contribution in [0.1, 0.15) is 27.7 Å². The number of aliphatic carboxylic acids is 1. The summed E-state index contributed by atoms with van der Waals surface area (Å²) in [4.78, 5) is 11.1. The van der Waals surface area contributed by atoms with Gasteiger partial charge in [-0.25, -0.2) is 8.42 Å². The number of thioether (sulfide) groups is 1. The fourth-order valence-corrected chi connectivity index (χ4v) is 5.28. The molecule has 7 heteroatoms. The number of carboxylic acid groups (broad SMARTS) is 1. The van der Waals surface area contributed by atoms with E-state index >= 15 is 0 Å². The molecule has 1 aliphatic rings. The highest BCUT2D eigenvalue weighted by molar-refractivity contribution is 8.01. The largest absolute Gasteiger partial charge is 0.480 e. The molecule has 1 saturated heterocycles. The van der Waals surface area contributed by atoms with Crippen LogP contribution in [0.3, 0.4) is 0 Å². The molecule has 0 amide bonds. The Morgan fingerprint density at radius 1 is 1.35 bits per heavy atom. The van der Waals surface area contributed by atoms with Crippen LogP contribution in [-0.4, -0.2) is 46.2 Å². The molecule has 0 bridgehead atoms. The molecule has 1 fully saturated rings. The first-order valence-corrected chi connectivity index (χ1v) is 8.11. The van der Waals surface area contributed by atoms with Crippen molar-refractivity contribution >= 4 is 27.8 Å². The van der Waals surface area contributed by atoms with E-state index in [1.165, 1.54) is 16.1 Å². The van der Waals surface area contributed by atoms with E-state index in [1.807, 2.05) is 13.8 Å². The van der Waals surface area contributed by atoms with Crippen LogP contribution < -0.4 is 0 Å². The second-order valence-corrected chi connectivity index (χ2v) is 8.29. The number of nitrogens with zero attached hydrogens (tertiary/aromatic N) is 1. The smallest absolute Gasteiger partial charge is 0.322 e. The van der Waals surface area contributed by atoms with Gasteiger partial charge in [0, 0.05) is 5.75 Å². The van der Waals surface area contributed by atoms with E-state index < -0.39 is 27.3 Å². The summed E-state index contributed by atoms with van der Waals surface area (Å²) in [6.07, 6.45) is 0. The van der Waals surface area contributed by atoms with E-state index in [1.54, 1.807) is 13.8 Å². The highest BCUT2D eigenvalue weighted by Crippen LogP contribution is 2.37. The van der Waals surface area contributed by atoms with E-state index in [-0.39, 0.29) is 11.3 Å². The van der Waals surface area contributed by atoms with Gasteiger partial charge in [0.2, 0.25) is 10.0 Å². The standard InChI is InChI=1S/C10H19NO4S2/c1-6(2)9-11(17(14,15)7(3)4)8(5-16-9)10(12)13/h6-9H,5H2,1-4H3,(H,12,13). The van der Waals surface area contributed by atoms with Crippen molar-refractivity contribution in [3.8, 4) is 0 Å². The van der Waals surface area contributed by atoms with Crippen molar-refractivity contribution in [2.75, 3.05) is 5.75 Å². The van der Waals surface area contributed by atoms with Crippen molar-refractivity contribution in [3.63, 3.8) is 0 Å². The molecule has 0 radical (unpaired) electrons. The molecule has 5 nitrogen and oxygen atoms in total. The third-order valence-electron chi connectivity index (χ3n) is 2.73. The molecule has 1 aliphatic heterocycles. The lowest BCUT2D eigenvalue weighted by molar-refractivity contribution is -0.140. The number of carboxylic acids is 1. The zero-order valence-electron chi connectivity index (χ0n) is 10.5. The van der Waals surface area contributed by atoms with Gasteiger partial charge in [0.25, 0.3) is 0 Å². The second-order valence-electron chi connectivity index (χ2n) is 4.75. The van der Waals surface area contributed by atoms with E-state index in [4.69, 9.17) is 5.11 Å². The lowest BCUT2D eigenvalue weighted by atomic mass is 10.2. The van der Waals surface area contributed by atoms with Gasteiger partial charge in [0.05, 0.1) is 10.6 Å². The molecule has 100 valence electrons. The van der Waals surface area contributed by atoms with Gasteiger partial charge in [0.1, 0.15) is 6.04 Å². The molecule has 2 unspecified atom stereocenters. The first-order chi connectivity index (χ1) is 7.69. The first-order valence-electron chi connectivity index (χ1n) is 5.56. The summed E-state index contributed by atoms with van der Waals surface area (Å²) in [6.45, 7) is 6.97. The van der Waals surface area contributed by atoms with Crippen molar-refractivity contribution in [2.45, 2.75) is 44.4 Å². The van der Waals surface area contributed by atoms with E-state index in [2.05, 4.69) is 0 Å². The number of carbonyl (C=O) groups is 1. The van der Waals surface area contributed by atoms with Crippen LogP contribution in [0.2, 0.25) is 0 Å². The van der Waals surface area contributed by atoms with Gasteiger partial charge in [0.15, 0.2) is 0 Å². The molecule has 1 N–H and O–H groups in total. The monoisotopic (exact) mass is 281 g/mol. The van der Waals surface area contributed by atoms with Gasteiger partial charge in [-0.2, -0.15) is 4.31 Å². The van der Waals surface area contributed by atoms with Gasteiger partial charge >= 0.3 is 5.97 Å². The number of rotatable bonds is 4. The topological polar surface area (TPSA) is 74.7 Å². The van der Waals surface area contributed by atoms with Crippen LogP contribution in [0, 0.1) is 5.92 Å². The molecule has 0 aromatic heterocycles.